The van der Waals surface area contributed by atoms with E-state index in [9.17, 15) is 13.2 Å². The van der Waals surface area contributed by atoms with E-state index in [1.54, 1.807) is 15.5 Å². The molecule has 2 atom stereocenters. The van der Waals surface area contributed by atoms with Crippen molar-refractivity contribution in [2.75, 3.05) is 35.5 Å². The van der Waals surface area contributed by atoms with Crippen LogP contribution in [-0.4, -0.2) is 59.7 Å². The molecule has 2 saturated heterocycles. The van der Waals surface area contributed by atoms with Crippen molar-refractivity contribution in [3.8, 4) is 0 Å². The van der Waals surface area contributed by atoms with Gasteiger partial charge in [-0.05, 0) is 55.9 Å². The Labute approximate surface area is 210 Å². The Kier molecular flexibility index (Phi) is 6.35. The molecule has 0 aliphatic carbocycles. The zero-order chi connectivity index (χ0) is 24.7. The number of benzene rings is 1. The highest BCUT2D eigenvalue weighted by atomic mass is 35.5. The van der Waals surface area contributed by atoms with Gasteiger partial charge in [-0.2, -0.15) is 5.10 Å². The molecule has 1 amide bonds. The summed E-state index contributed by atoms with van der Waals surface area (Å²) < 4.78 is 27.9. The Hall–Kier alpha value is -2.85. The van der Waals surface area contributed by atoms with Crippen LogP contribution in [0.15, 0.2) is 36.5 Å². The Morgan fingerprint density at radius 1 is 1.14 bits per heavy atom. The number of carbonyl (C=O) groups is 1. The highest BCUT2D eigenvalue weighted by molar-refractivity contribution is 7.92. The van der Waals surface area contributed by atoms with Crippen LogP contribution in [0, 0.1) is 5.92 Å². The van der Waals surface area contributed by atoms with Gasteiger partial charge in [-0.3, -0.25) is 9.52 Å². The van der Waals surface area contributed by atoms with Gasteiger partial charge in [-0.25, -0.2) is 17.9 Å². The number of nitrogens with one attached hydrogen (secondary N) is 1. The minimum atomic E-state index is -3.57. The number of hydrogen-bond acceptors (Lipinski definition) is 6. The Morgan fingerprint density at radius 2 is 1.97 bits per heavy atom. The largest absolute Gasteiger partial charge is 0.356 e. The van der Waals surface area contributed by atoms with Crippen LogP contribution in [0.2, 0.25) is 5.02 Å². The van der Waals surface area contributed by atoms with E-state index in [0.29, 0.717) is 17.5 Å². The predicted octanol–water partition coefficient (Wildman–Crippen LogP) is 3.97. The molecule has 0 saturated carbocycles. The number of aromatic nitrogens is 3. The van der Waals surface area contributed by atoms with Gasteiger partial charge in [-0.1, -0.05) is 18.5 Å². The van der Waals surface area contributed by atoms with Crippen molar-refractivity contribution in [3.63, 3.8) is 0 Å². The summed E-state index contributed by atoms with van der Waals surface area (Å²) >= 11 is 6.18. The molecular weight excluding hydrogens is 488 g/mol. The maximum Gasteiger partial charge on any atom is 0.256 e. The van der Waals surface area contributed by atoms with Crippen molar-refractivity contribution < 1.29 is 13.2 Å². The van der Waals surface area contributed by atoms with E-state index in [1.165, 1.54) is 12.1 Å². The average molecular weight is 517 g/mol. The van der Waals surface area contributed by atoms with Crippen LogP contribution in [-0.2, 0) is 10.0 Å². The molecule has 11 heteroatoms. The predicted molar refractivity (Wildman–Crippen MR) is 137 cm³/mol. The van der Waals surface area contributed by atoms with E-state index in [4.69, 9.17) is 21.7 Å². The van der Waals surface area contributed by atoms with Gasteiger partial charge in [0.25, 0.3) is 5.91 Å². The van der Waals surface area contributed by atoms with Gasteiger partial charge in [0.2, 0.25) is 10.0 Å². The minimum Gasteiger partial charge on any atom is -0.356 e. The molecule has 1 N–H and O–H groups in total. The van der Waals surface area contributed by atoms with Crippen LogP contribution in [0.25, 0.3) is 5.65 Å². The molecule has 0 spiro atoms. The molecule has 1 aromatic carbocycles. The molecular formula is C24H29ClN6O3S. The number of rotatable bonds is 5. The fourth-order valence-corrected chi connectivity index (χ4v) is 5.74. The summed E-state index contributed by atoms with van der Waals surface area (Å²) in [6, 6.07) is 8.29. The number of hydrogen-bond donors (Lipinski definition) is 1. The summed E-state index contributed by atoms with van der Waals surface area (Å²) in [7, 11) is -3.57. The number of halogens is 1. The van der Waals surface area contributed by atoms with Crippen LogP contribution in [0.1, 0.15) is 54.7 Å². The molecule has 3 aromatic rings. The van der Waals surface area contributed by atoms with Crippen molar-refractivity contribution in [2.24, 2.45) is 5.92 Å². The molecule has 2 fully saturated rings. The number of sulfonamides is 1. The normalized spacial score (nSPS) is 21.0. The Morgan fingerprint density at radius 3 is 2.71 bits per heavy atom. The first-order chi connectivity index (χ1) is 16.7. The van der Waals surface area contributed by atoms with Crippen LogP contribution >= 0.6 is 11.6 Å². The number of likely N-dealkylation sites (tertiary alicyclic amines) is 1. The number of nitrogens with zero attached hydrogens (tertiary/aromatic N) is 5. The molecule has 4 heterocycles. The highest BCUT2D eigenvalue weighted by Crippen LogP contribution is 2.34. The molecule has 0 radical (unpaired) electrons. The summed E-state index contributed by atoms with van der Waals surface area (Å²) in [5.41, 5.74) is 1.96. The Bertz CT molecular complexity index is 1370. The third-order valence-corrected chi connectivity index (χ3v) is 7.51. The second-order valence-corrected chi connectivity index (χ2v) is 11.8. The first-order valence-corrected chi connectivity index (χ1v) is 14.1. The topological polar surface area (TPSA) is 99.9 Å². The third-order valence-electron chi connectivity index (χ3n) is 6.69. The minimum absolute atomic E-state index is 0.215. The maximum absolute atomic E-state index is 13.7. The lowest BCUT2D eigenvalue weighted by molar-refractivity contribution is 0.0607. The van der Waals surface area contributed by atoms with Crippen LogP contribution in [0.5, 0.6) is 0 Å². The number of piperidine rings is 1. The van der Waals surface area contributed by atoms with Gasteiger partial charge < -0.3 is 9.80 Å². The van der Waals surface area contributed by atoms with E-state index in [0.717, 1.165) is 62.2 Å². The molecule has 5 rings (SSSR count). The van der Waals surface area contributed by atoms with E-state index in [2.05, 4.69) is 16.5 Å². The van der Waals surface area contributed by atoms with E-state index < -0.39 is 10.0 Å². The standard InChI is InChI=1S/C24H29ClN6O3S/c1-16-8-11-29(15-16)22-9-12-31-23(26-22)14-20(27-31)21-5-3-4-10-30(21)24(32)18-13-17(25)6-7-19(18)28-35(2,33)34/h6-7,9,12-14,16,21,28H,3-5,8,10-11,15H2,1-2H3/t16-,21-/m0/s1. The second kappa shape index (κ2) is 9.31. The summed E-state index contributed by atoms with van der Waals surface area (Å²) in [6.07, 6.45) is 6.74. The lowest BCUT2D eigenvalue weighted by atomic mass is 9.98. The monoisotopic (exact) mass is 516 g/mol. The highest BCUT2D eigenvalue weighted by Gasteiger charge is 2.32. The number of carbonyl (C=O) groups excluding carboxylic acids is 1. The summed E-state index contributed by atoms with van der Waals surface area (Å²) in [6.45, 7) is 4.80. The number of amides is 1. The molecule has 0 unspecified atom stereocenters. The molecule has 186 valence electrons. The van der Waals surface area contributed by atoms with E-state index in [1.807, 2.05) is 18.3 Å². The van der Waals surface area contributed by atoms with Gasteiger partial charge in [0, 0.05) is 36.9 Å². The fourth-order valence-electron chi connectivity index (χ4n) is 4.99. The van der Waals surface area contributed by atoms with Crippen LogP contribution < -0.4 is 9.62 Å². The maximum atomic E-state index is 13.7. The fraction of sp³-hybridized carbons (Fsp3) is 0.458. The number of anilines is 2. The van der Waals surface area contributed by atoms with E-state index >= 15 is 0 Å². The third kappa shape index (κ3) is 5.08. The summed E-state index contributed by atoms with van der Waals surface area (Å²) in [5, 5.41) is 5.11. The second-order valence-electron chi connectivity index (χ2n) is 9.57. The quantitative estimate of drug-likeness (QED) is 0.551. The van der Waals surface area contributed by atoms with Gasteiger partial charge in [-0.15, -0.1) is 0 Å². The SMILES string of the molecule is C[C@H]1CCN(c2ccn3nc([C@@H]4CCCCN4C(=O)c4cc(Cl)ccc4NS(C)(=O)=O)cc3n2)C1. The zero-order valence-corrected chi connectivity index (χ0v) is 21.4. The van der Waals surface area contributed by atoms with Crippen molar-refractivity contribution in [1.82, 2.24) is 19.5 Å². The smallest absolute Gasteiger partial charge is 0.256 e. The molecule has 2 aromatic heterocycles. The van der Waals surface area contributed by atoms with Crippen molar-refractivity contribution in [2.45, 2.75) is 38.6 Å². The first-order valence-electron chi connectivity index (χ1n) is 11.9. The first kappa shape index (κ1) is 23.9. The lowest BCUT2D eigenvalue weighted by Gasteiger charge is -2.35. The molecule has 0 bridgehead atoms. The lowest BCUT2D eigenvalue weighted by Crippen LogP contribution is -2.39. The van der Waals surface area contributed by atoms with Crippen LogP contribution in [0.4, 0.5) is 11.5 Å². The average Bonchev–Trinajstić information content (AvgIpc) is 3.44. The number of fused-ring (bicyclic) bond motifs is 1. The Balaban J connectivity index is 1.46. The van der Waals surface area contributed by atoms with Gasteiger partial charge in [0.1, 0.15) is 5.82 Å². The summed E-state index contributed by atoms with van der Waals surface area (Å²) in [4.78, 5) is 22.6. The molecule has 35 heavy (non-hydrogen) atoms. The van der Waals surface area contributed by atoms with Crippen molar-refractivity contribution in [3.05, 3.63) is 52.8 Å². The summed E-state index contributed by atoms with van der Waals surface area (Å²) in [5.74, 6) is 1.32. The zero-order valence-electron chi connectivity index (χ0n) is 19.8. The van der Waals surface area contributed by atoms with Gasteiger partial charge >= 0.3 is 0 Å². The van der Waals surface area contributed by atoms with E-state index in [-0.39, 0.29) is 23.2 Å². The van der Waals surface area contributed by atoms with Crippen LogP contribution in [0.3, 0.4) is 0 Å². The molecule has 2 aliphatic heterocycles. The van der Waals surface area contributed by atoms with Gasteiger partial charge in [0.05, 0.1) is 29.2 Å². The van der Waals surface area contributed by atoms with Crippen molar-refractivity contribution >= 4 is 44.7 Å². The van der Waals surface area contributed by atoms with Gasteiger partial charge in [0.15, 0.2) is 5.65 Å². The molecule has 9 nitrogen and oxygen atoms in total. The molecule has 2 aliphatic rings. The van der Waals surface area contributed by atoms with Crippen molar-refractivity contribution in [1.29, 1.82) is 0 Å².